The predicted octanol–water partition coefficient (Wildman–Crippen LogP) is 8.11. The van der Waals surface area contributed by atoms with Gasteiger partial charge in [-0.2, -0.15) is 0 Å². The molecule has 1 atom stereocenters. The number of rotatable bonds is 5. The van der Waals surface area contributed by atoms with Gasteiger partial charge in [-0.05, 0) is 74.4 Å². The van der Waals surface area contributed by atoms with E-state index in [4.69, 9.17) is 5.11 Å². The summed E-state index contributed by atoms with van der Waals surface area (Å²) in [6, 6.07) is 16.6. The summed E-state index contributed by atoms with van der Waals surface area (Å²) in [4.78, 5) is 21.1. The van der Waals surface area contributed by atoms with Crippen molar-refractivity contribution in [2.24, 2.45) is 11.3 Å². The van der Waals surface area contributed by atoms with Gasteiger partial charge in [-0.1, -0.05) is 103 Å². The minimum atomic E-state index is -0.505. The quantitative estimate of drug-likeness (QED) is 0.299. The molecule has 0 aliphatic carbocycles. The highest BCUT2D eigenvalue weighted by Gasteiger charge is 2.14. The molecule has 0 aliphatic heterocycles. The first kappa shape index (κ1) is 40.3. The highest BCUT2D eigenvalue weighted by atomic mass is 16.2. The van der Waals surface area contributed by atoms with Crippen molar-refractivity contribution in [1.82, 2.24) is 5.32 Å². The number of Topliss-reactive ketones (excluding diaryl/α,β-unsaturated/α-hetero) is 1. The van der Waals surface area contributed by atoms with Crippen molar-refractivity contribution in [3.63, 3.8) is 0 Å². The van der Waals surface area contributed by atoms with Gasteiger partial charge in [-0.25, -0.2) is 0 Å². The van der Waals surface area contributed by atoms with Gasteiger partial charge in [0.1, 0.15) is 5.78 Å². The second-order valence-corrected chi connectivity index (χ2v) is 9.92. The molecule has 0 saturated heterocycles. The highest BCUT2D eigenvalue weighted by Crippen LogP contribution is 2.19. The Bertz CT molecular complexity index is 985. The second-order valence-electron chi connectivity index (χ2n) is 9.92. The van der Waals surface area contributed by atoms with Crippen molar-refractivity contribution < 1.29 is 14.7 Å². The summed E-state index contributed by atoms with van der Waals surface area (Å²) in [5, 5.41) is 9.39. The van der Waals surface area contributed by atoms with E-state index < -0.39 is 5.92 Å². The summed E-state index contributed by atoms with van der Waals surface area (Å²) in [6.45, 7) is 24.1. The third-order valence-electron chi connectivity index (χ3n) is 5.34. The number of benzene rings is 2. The second kappa shape index (κ2) is 23.9. The van der Waals surface area contributed by atoms with E-state index in [1.165, 1.54) is 32.4 Å². The fourth-order valence-corrected chi connectivity index (χ4v) is 2.96. The Morgan fingerprint density at radius 1 is 0.897 bits per heavy atom. The Labute approximate surface area is 240 Å². The maximum absolute atomic E-state index is 10.6. The number of carbonyl (C=O) groups excluding carboxylic acids is 2. The molecule has 0 heterocycles. The van der Waals surface area contributed by atoms with Crippen LogP contribution in [0.4, 0.5) is 0 Å². The van der Waals surface area contributed by atoms with Crippen LogP contribution in [0, 0.1) is 23.2 Å². The summed E-state index contributed by atoms with van der Waals surface area (Å²) in [7, 11) is 2.52. The van der Waals surface area contributed by atoms with E-state index in [-0.39, 0.29) is 11.7 Å². The van der Waals surface area contributed by atoms with Gasteiger partial charge in [-0.3, -0.25) is 9.59 Å². The van der Waals surface area contributed by atoms with Crippen molar-refractivity contribution in [1.29, 1.82) is 0 Å². The van der Waals surface area contributed by atoms with Crippen LogP contribution >= 0.6 is 0 Å². The van der Waals surface area contributed by atoms with Gasteiger partial charge in [0.2, 0.25) is 5.91 Å². The van der Waals surface area contributed by atoms with Gasteiger partial charge in [0, 0.05) is 25.3 Å². The van der Waals surface area contributed by atoms with Gasteiger partial charge >= 0.3 is 0 Å². The Hall–Kier alpha value is -3.16. The largest absolute Gasteiger partial charge is 0.400 e. The average Bonchev–Trinajstić information content (AvgIpc) is 2.93. The minimum Gasteiger partial charge on any atom is -0.400 e. The molecule has 4 heteroatoms. The molecular weight excluding hydrogens is 482 g/mol. The van der Waals surface area contributed by atoms with Crippen LogP contribution < -0.4 is 5.32 Å². The Morgan fingerprint density at radius 3 is 1.54 bits per heavy atom. The number of hydrogen-bond donors (Lipinski definition) is 2. The monoisotopic (exact) mass is 537 g/mol. The van der Waals surface area contributed by atoms with E-state index in [0.717, 1.165) is 35.8 Å². The molecule has 2 aromatic rings. The van der Waals surface area contributed by atoms with Crippen LogP contribution in [0.5, 0.6) is 0 Å². The number of carbonyl (C=O) groups is 2. The van der Waals surface area contributed by atoms with Crippen LogP contribution in [-0.2, 0) is 16.0 Å². The molecule has 0 aliphatic rings. The van der Waals surface area contributed by atoms with E-state index in [1.54, 1.807) is 6.92 Å². The Balaban J connectivity index is -0.000000543. The van der Waals surface area contributed by atoms with Crippen molar-refractivity contribution in [3.8, 4) is 11.8 Å². The van der Waals surface area contributed by atoms with Gasteiger partial charge in [0.05, 0.1) is 5.92 Å². The van der Waals surface area contributed by atoms with Crippen LogP contribution in [0.1, 0.15) is 104 Å². The number of aliphatic hydroxyl groups is 1. The molecule has 2 N–H and O–H groups in total. The molecule has 1 amide bonds. The smallest absolute Gasteiger partial charge is 0.230 e. The van der Waals surface area contributed by atoms with Crippen molar-refractivity contribution in [2.75, 3.05) is 14.2 Å². The number of aliphatic hydroxyl groups excluding tert-OH is 1. The van der Waals surface area contributed by atoms with E-state index in [9.17, 15) is 9.59 Å². The van der Waals surface area contributed by atoms with Crippen LogP contribution in [0.3, 0.4) is 0 Å². The molecule has 0 aromatic heterocycles. The molecule has 0 spiro atoms. The topological polar surface area (TPSA) is 66.4 Å². The number of nitrogens with one attached hydrogen (secondary N) is 1. The van der Waals surface area contributed by atoms with Crippen molar-refractivity contribution in [3.05, 3.63) is 77.4 Å². The molecule has 218 valence electrons. The first-order valence-corrected chi connectivity index (χ1v) is 13.9. The van der Waals surface area contributed by atoms with Gasteiger partial charge in [-0.15, -0.1) is 0 Å². The number of ketones is 1. The molecule has 2 aromatic carbocycles. The maximum atomic E-state index is 10.6. The van der Waals surface area contributed by atoms with Crippen LogP contribution in [-0.4, -0.2) is 31.0 Å². The number of amides is 1. The van der Waals surface area contributed by atoms with Crippen molar-refractivity contribution in [2.45, 2.75) is 88.5 Å². The minimum absolute atomic E-state index is 0.102. The average molecular weight is 538 g/mol. The predicted molar refractivity (Wildman–Crippen MR) is 171 cm³/mol. The first-order chi connectivity index (χ1) is 18.3. The molecule has 4 nitrogen and oxygen atoms in total. The van der Waals surface area contributed by atoms with Crippen LogP contribution in [0.15, 0.2) is 55.1 Å². The third kappa shape index (κ3) is 21.5. The molecular formula is C35H55NO3. The lowest BCUT2D eigenvalue weighted by molar-refractivity contribution is -0.131. The standard InChI is InChI=1S/C19H18.C7H16.C6H11NO2.C2H6.CH4O/c1-4-16-5-7-17(8-6-16)9-10-18-11-13-19(14-12-18)15(2)3;1-5-6-7(2,3)4;1-4(5(2)8)6(9)7-3;2*1-2/h5-8,11-14H,2,4H2,1,3H3;5-6H2,1-4H3;4H,1-3H3,(H,7,9);1-2H3;2H,1H3. The molecule has 0 fully saturated rings. The lowest BCUT2D eigenvalue weighted by Gasteiger charge is -2.15. The number of allylic oxidation sites excluding steroid dienone is 1. The van der Waals surface area contributed by atoms with E-state index >= 15 is 0 Å². The van der Waals surface area contributed by atoms with E-state index in [2.05, 4.69) is 94.8 Å². The van der Waals surface area contributed by atoms with E-state index in [0.29, 0.717) is 5.41 Å². The fraction of sp³-hybridized carbons (Fsp3) is 0.486. The summed E-state index contributed by atoms with van der Waals surface area (Å²) in [6.07, 6.45) is 3.71. The molecule has 39 heavy (non-hydrogen) atoms. The first-order valence-electron chi connectivity index (χ1n) is 13.9. The van der Waals surface area contributed by atoms with Gasteiger partial charge in [0.15, 0.2) is 0 Å². The Kier molecular flexibility index (Phi) is 24.7. The Morgan fingerprint density at radius 2 is 1.31 bits per heavy atom. The zero-order chi connectivity index (χ0) is 31.0. The number of aryl methyl sites for hydroxylation is 1. The summed E-state index contributed by atoms with van der Waals surface area (Å²) < 4.78 is 0. The summed E-state index contributed by atoms with van der Waals surface area (Å²) in [5.41, 5.74) is 6.23. The fourth-order valence-electron chi connectivity index (χ4n) is 2.96. The number of hydrogen-bond acceptors (Lipinski definition) is 3. The molecule has 0 saturated carbocycles. The van der Waals surface area contributed by atoms with Crippen LogP contribution in [0.2, 0.25) is 0 Å². The van der Waals surface area contributed by atoms with E-state index in [1.807, 2.05) is 32.9 Å². The SMILES string of the molecule is C=C(C)c1ccc(C#Cc2ccc(CC)cc2)cc1.CC.CCCC(C)(C)C.CNC(=O)C(C)C(C)=O.CO. The lowest BCUT2D eigenvalue weighted by atomic mass is 9.91. The normalized spacial score (nSPS) is 9.97. The molecule has 0 bridgehead atoms. The molecule has 2 rings (SSSR count). The van der Waals surface area contributed by atoms with Gasteiger partial charge in [0.25, 0.3) is 0 Å². The molecule has 0 radical (unpaired) electrons. The zero-order valence-electron chi connectivity index (χ0n) is 26.8. The summed E-state index contributed by atoms with van der Waals surface area (Å²) >= 11 is 0. The summed E-state index contributed by atoms with van der Waals surface area (Å²) in [5.74, 6) is 5.55. The molecule has 1 unspecified atom stereocenters. The van der Waals surface area contributed by atoms with Crippen molar-refractivity contribution >= 4 is 17.3 Å². The van der Waals surface area contributed by atoms with Crippen LogP contribution in [0.25, 0.3) is 5.57 Å². The zero-order valence-corrected chi connectivity index (χ0v) is 26.8. The third-order valence-corrected chi connectivity index (χ3v) is 5.34. The van der Waals surface area contributed by atoms with Gasteiger partial charge < -0.3 is 10.4 Å². The lowest BCUT2D eigenvalue weighted by Crippen LogP contribution is -2.29. The highest BCUT2D eigenvalue weighted by molar-refractivity contribution is 5.99. The maximum Gasteiger partial charge on any atom is 0.230 e.